The van der Waals surface area contributed by atoms with Crippen molar-refractivity contribution in [3.8, 4) is 23.0 Å². The normalized spacial score (nSPS) is 28.6. The van der Waals surface area contributed by atoms with Crippen molar-refractivity contribution in [2.24, 2.45) is 10.8 Å². The Bertz CT molecular complexity index is 1250. The molecule has 10 nitrogen and oxygen atoms in total. The summed E-state index contributed by atoms with van der Waals surface area (Å²) in [4.78, 5) is 35.3. The van der Waals surface area contributed by atoms with Gasteiger partial charge in [-0.05, 0) is 71.0 Å². The maximum Gasteiger partial charge on any atom is 0.254 e. The number of likely N-dealkylation sites (tertiary alicyclic amines) is 2. The molecule has 4 aliphatic rings. The molecule has 0 aliphatic carbocycles. The summed E-state index contributed by atoms with van der Waals surface area (Å²) in [6.45, 7) is 7.54. The van der Waals surface area contributed by atoms with Gasteiger partial charge in [-0.15, -0.1) is 0 Å². The molecule has 2 atom stereocenters. The van der Waals surface area contributed by atoms with Crippen molar-refractivity contribution in [1.82, 2.24) is 19.6 Å². The van der Waals surface area contributed by atoms with Gasteiger partial charge in [0, 0.05) is 48.1 Å². The Labute approximate surface area is 241 Å². The average Bonchev–Trinajstić information content (AvgIpc) is 2.93. The summed E-state index contributed by atoms with van der Waals surface area (Å²) in [5.74, 6) is 2.43. The predicted octanol–water partition coefficient (Wildman–Crippen LogP) is 3.02. The lowest BCUT2D eigenvalue weighted by Gasteiger charge is -2.56. The molecule has 2 bridgehead atoms. The van der Waals surface area contributed by atoms with E-state index in [1.165, 1.54) is 0 Å². The summed E-state index contributed by atoms with van der Waals surface area (Å²) in [5, 5.41) is 0. The first-order valence-electron chi connectivity index (χ1n) is 14.2. The third kappa shape index (κ3) is 5.30. The van der Waals surface area contributed by atoms with Crippen LogP contribution in [-0.4, -0.2) is 111 Å². The average molecular weight is 565 g/mol. The minimum atomic E-state index is -0.232. The van der Waals surface area contributed by atoms with E-state index >= 15 is 0 Å². The molecule has 2 amide bonds. The first-order chi connectivity index (χ1) is 19.4. The highest BCUT2D eigenvalue weighted by Gasteiger charge is 2.50. The lowest BCUT2D eigenvalue weighted by atomic mass is 9.65. The zero-order chi connectivity index (χ0) is 29.1. The van der Waals surface area contributed by atoms with Crippen LogP contribution < -0.4 is 18.9 Å². The van der Waals surface area contributed by atoms with E-state index < -0.39 is 0 Å². The highest BCUT2D eigenvalue weighted by Crippen LogP contribution is 2.46. The molecule has 2 saturated heterocycles. The van der Waals surface area contributed by atoms with E-state index in [0.29, 0.717) is 73.5 Å². The van der Waals surface area contributed by atoms with Crippen LogP contribution in [0.5, 0.6) is 23.0 Å². The lowest BCUT2D eigenvalue weighted by molar-refractivity contribution is -0.0539. The predicted molar refractivity (Wildman–Crippen MR) is 153 cm³/mol. The summed E-state index contributed by atoms with van der Waals surface area (Å²) in [7, 11) is 7.74. The molecule has 4 aliphatic heterocycles. The summed E-state index contributed by atoms with van der Waals surface area (Å²) in [6, 6.07) is 10.8. The van der Waals surface area contributed by atoms with Crippen LogP contribution in [0.25, 0.3) is 0 Å². The number of likely N-dealkylation sites (N-methyl/N-ethyl adjacent to an activating group) is 2. The first-order valence-corrected chi connectivity index (χ1v) is 14.2. The summed E-state index contributed by atoms with van der Waals surface area (Å²) >= 11 is 0. The van der Waals surface area contributed by atoms with Crippen LogP contribution in [0, 0.1) is 10.8 Å². The molecule has 10 heteroatoms. The highest BCUT2D eigenvalue weighted by atomic mass is 16.6. The monoisotopic (exact) mass is 564 g/mol. The molecule has 41 heavy (non-hydrogen) atoms. The van der Waals surface area contributed by atoms with E-state index in [9.17, 15) is 9.59 Å². The zero-order valence-corrected chi connectivity index (χ0v) is 24.8. The van der Waals surface area contributed by atoms with E-state index in [1.54, 1.807) is 12.1 Å². The minimum Gasteiger partial charge on any atom is -0.484 e. The Hall–Kier alpha value is -3.50. The van der Waals surface area contributed by atoms with Gasteiger partial charge in [0.05, 0.1) is 0 Å². The molecule has 220 valence electrons. The van der Waals surface area contributed by atoms with Gasteiger partial charge in [0.1, 0.15) is 13.2 Å². The van der Waals surface area contributed by atoms with Gasteiger partial charge < -0.3 is 28.7 Å². The number of rotatable bonds is 4. The van der Waals surface area contributed by atoms with Gasteiger partial charge in [0.2, 0.25) is 0 Å². The van der Waals surface area contributed by atoms with E-state index in [-0.39, 0.29) is 35.1 Å². The number of amides is 2. The lowest BCUT2D eigenvalue weighted by Crippen LogP contribution is -2.64. The van der Waals surface area contributed by atoms with Crippen molar-refractivity contribution in [1.29, 1.82) is 0 Å². The van der Waals surface area contributed by atoms with Crippen molar-refractivity contribution >= 4 is 11.8 Å². The van der Waals surface area contributed by atoms with Crippen LogP contribution >= 0.6 is 0 Å². The fourth-order valence-corrected chi connectivity index (χ4v) is 6.86. The topological polar surface area (TPSA) is 84.0 Å². The van der Waals surface area contributed by atoms with Gasteiger partial charge in [0.15, 0.2) is 35.5 Å². The van der Waals surface area contributed by atoms with Crippen LogP contribution in [-0.2, 0) is 0 Å². The van der Waals surface area contributed by atoms with Gasteiger partial charge in [-0.1, -0.05) is 13.8 Å². The van der Waals surface area contributed by atoms with Crippen molar-refractivity contribution < 1.29 is 28.5 Å². The number of nitrogens with zero attached hydrogens (tertiary/aromatic N) is 4. The Morgan fingerprint density at radius 3 is 1.44 bits per heavy atom. The largest absolute Gasteiger partial charge is 0.484 e. The van der Waals surface area contributed by atoms with E-state index in [4.69, 9.17) is 18.9 Å². The number of fused-ring (bicyclic) bond motifs is 4. The van der Waals surface area contributed by atoms with Crippen molar-refractivity contribution in [3.63, 3.8) is 0 Å². The first kappa shape index (κ1) is 27.7. The zero-order valence-electron chi connectivity index (χ0n) is 24.8. The Morgan fingerprint density at radius 1 is 0.683 bits per heavy atom. The maximum atomic E-state index is 13.8. The molecule has 2 aromatic carbocycles. The second-order valence-electron chi connectivity index (χ2n) is 13.1. The number of ether oxygens (including phenoxy) is 4. The summed E-state index contributed by atoms with van der Waals surface area (Å²) in [5.41, 5.74) is 0.701. The molecule has 2 fully saturated rings. The van der Waals surface area contributed by atoms with Crippen molar-refractivity contribution in [2.45, 2.75) is 32.7 Å². The summed E-state index contributed by atoms with van der Waals surface area (Å²) in [6.07, 6.45) is 0.546. The van der Waals surface area contributed by atoms with Gasteiger partial charge in [-0.2, -0.15) is 0 Å². The second kappa shape index (κ2) is 10.1. The Morgan fingerprint density at radius 2 is 1.07 bits per heavy atom. The highest BCUT2D eigenvalue weighted by molar-refractivity contribution is 5.96. The third-order valence-electron chi connectivity index (χ3n) is 8.54. The van der Waals surface area contributed by atoms with Crippen LogP contribution in [0.4, 0.5) is 0 Å². The molecular formula is C31H40N4O6. The molecule has 6 rings (SSSR count). The van der Waals surface area contributed by atoms with Crippen LogP contribution in [0.3, 0.4) is 0 Å². The molecule has 0 spiro atoms. The fraction of sp³-hybridized carbons (Fsp3) is 0.548. The van der Waals surface area contributed by atoms with E-state index in [1.807, 2.05) is 72.1 Å². The molecule has 2 unspecified atom stereocenters. The molecular weight excluding hydrogens is 524 g/mol. The molecule has 0 radical (unpaired) electrons. The Kier molecular flexibility index (Phi) is 6.81. The van der Waals surface area contributed by atoms with Gasteiger partial charge in [-0.25, -0.2) is 0 Å². The van der Waals surface area contributed by atoms with Crippen LogP contribution in [0.1, 0.15) is 41.0 Å². The molecule has 0 saturated carbocycles. The molecule has 0 aromatic heterocycles. The number of hydrogen-bond donors (Lipinski definition) is 0. The maximum absolute atomic E-state index is 13.8. The number of piperidine rings is 2. The quantitative estimate of drug-likeness (QED) is 0.561. The standard InChI is InChI=1S/C31H40N4O6/c1-30-15-31(2,18-34(16-30)28(36)20-7-9-22-24(11-20)40-26(13-38-22)32(3)4)19-35(17-30)29(37)21-8-10-23-25(12-21)41-27(14-39-23)33(5)6/h7-12,26-27H,13-19H2,1-6H3. The van der Waals surface area contributed by atoms with Gasteiger partial charge in [0.25, 0.3) is 11.8 Å². The molecule has 4 heterocycles. The third-order valence-corrected chi connectivity index (χ3v) is 8.54. The minimum absolute atomic E-state index is 0.0254. The number of hydrogen-bond acceptors (Lipinski definition) is 8. The molecule has 2 aromatic rings. The van der Waals surface area contributed by atoms with Crippen molar-refractivity contribution in [3.05, 3.63) is 47.5 Å². The van der Waals surface area contributed by atoms with Gasteiger partial charge in [-0.3, -0.25) is 19.4 Å². The Balaban J connectivity index is 1.18. The van der Waals surface area contributed by atoms with Crippen molar-refractivity contribution in [2.75, 3.05) is 67.6 Å². The smallest absolute Gasteiger partial charge is 0.254 e. The fourth-order valence-electron chi connectivity index (χ4n) is 6.86. The van der Waals surface area contributed by atoms with E-state index in [0.717, 1.165) is 6.42 Å². The SMILES string of the molecule is CN(C)C1COc2ccc(C(=O)N3CC4(C)CN(C(=O)c5ccc6c(c5)OC(N(C)C)CO6)CC(C)(C3)C4)cc2O1. The van der Waals surface area contributed by atoms with Gasteiger partial charge >= 0.3 is 0 Å². The number of carbonyl (C=O) groups is 2. The van der Waals surface area contributed by atoms with Crippen LogP contribution in [0.2, 0.25) is 0 Å². The number of carbonyl (C=O) groups excluding carboxylic acids is 2. The van der Waals surface area contributed by atoms with E-state index in [2.05, 4.69) is 13.8 Å². The number of benzene rings is 2. The van der Waals surface area contributed by atoms with Crippen LogP contribution in [0.15, 0.2) is 36.4 Å². The summed E-state index contributed by atoms with van der Waals surface area (Å²) < 4.78 is 23.9. The second-order valence-corrected chi connectivity index (χ2v) is 13.1. The molecule has 0 N–H and O–H groups in total.